The molecule has 0 N–H and O–H groups in total. The number of hydrogen-bond donors (Lipinski definition) is 0. The van der Waals surface area contributed by atoms with Crippen LogP contribution in [0.5, 0.6) is 0 Å². The lowest BCUT2D eigenvalue weighted by Gasteiger charge is -2.36. The van der Waals surface area contributed by atoms with Gasteiger partial charge >= 0.3 is 0 Å². The molecule has 2 fully saturated rings. The Morgan fingerprint density at radius 3 is 2.24 bits per heavy atom. The Hall–Kier alpha value is -4.12. The molecule has 37 heavy (non-hydrogen) atoms. The second-order valence-corrected chi connectivity index (χ2v) is 10.4. The van der Waals surface area contributed by atoms with Crippen LogP contribution in [-0.2, 0) is 0 Å². The van der Waals surface area contributed by atoms with E-state index in [0.29, 0.717) is 10.6 Å². The normalized spacial score (nSPS) is 23.4. The van der Waals surface area contributed by atoms with Gasteiger partial charge in [0, 0.05) is 28.1 Å². The number of fused-ring (bicyclic) bond motifs is 3. The number of benzene rings is 3. The van der Waals surface area contributed by atoms with Crippen LogP contribution in [0.1, 0.15) is 40.2 Å². The lowest BCUT2D eigenvalue weighted by Crippen LogP contribution is -2.43. The maximum Gasteiger partial charge on any atom is 0.185 e. The highest BCUT2D eigenvalue weighted by atomic mass is 35.5. The monoisotopic (exact) mass is 501 g/mol. The maximum atomic E-state index is 14.4. The molecule has 4 nitrogen and oxygen atoms in total. The van der Waals surface area contributed by atoms with Crippen LogP contribution < -0.4 is 4.90 Å². The quantitative estimate of drug-likeness (QED) is 0.280. The smallest absolute Gasteiger partial charge is 0.185 e. The molecule has 0 bridgehead atoms. The highest BCUT2D eigenvalue weighted by Gasteiger charge is 2.56. The molecule has 6 rings (SSSR count). The highest BCUT2D eigenvalue weighted by molar-refractivity contribution is 6.30. The summed E-state index contributed by atoms with van der Waals surface area (Å²) < 4.78 is 0. The predicted molar refractivity (Wildman–Crippen MR) is 145 cm³/mol. The molecule has 3 aromatic rings. The van der Waals surface area contributed by atoms with Gasteiger partial charge < -0.3 is 4.90 Å². The first-order chi connectivity index (χ1) is 18.1. The number of Topliss-reactive ketones (excluding diaryl/α,β-unsaturated/α-hetero) is 1. The number of allylic oxidation sites excluding steroid dienone is 1. The zero-order valence-corrected chi connectivity index (χ0v) is 20.8. The van der Waals surface area contributed by atoms with Gasteiger partial charge in [-0.3, -0.25) is 4.79 Å². The number of carbonyl (C=O) groups is 1. The zero-order chi connectivity index (χ0) is 25.5. The number of nitrogens with zero attached hydrogens (tertiary/aromatic N) is 3. The third kappa shape index (κ3) is 3.95. The molecular formula is C32H24ClN3O. The number of para-hydroxylation sites is 1. The number of hydrogen-bond acceptors (Lipinski definition) is 4. The summed E-state index contributed by atoms with van der Waals surface area (Å²) in [6.45, 7) is 0. The SMILES string of the molecule is N#CC(C#N)=C(C1CC1)C1C(c2ccc(Cl)cc2)C(C(=O)c2ccccc2)N2c3ccccc3C=CC12. The summed E-state index contributed by atoms with van der Waals surface area (Å²) in [7, 11) is 0. The second-order valence-electron chi connectivity index (χ2n) is 9.92. The Bertz CT molecular complexity index is 1490. The lowest BCUT2D eigenvalue weighted by atomic mass is 9.73. The summed E-state index contributed by atoms with van der Waals surface area (Å²) in [5.41, 5.74) is 4.76. The van der Waals surface area contributed by atoms with E-state index in [1.54, 1.807) is 0 Å². The zero-order valence-electron chi connectivity index (χ0n) is 20.1. The highest BCUT2D eigenvalue weighted by Crippen LogP contribution is 2.56. The minimum Gasteiger partial charge on any atom is -0.353 e. The average Bonchev–Trinajstić information content (AvgIpc) is 3.73. The predicted octanol–water partition coefficient (Wildman–Crippen LogP) is 6.96. The van der Waals surface area contributed by atoms with Gasteiger partial charge in [0.15, 0.2) is 5.78 Å². The van der Waals surface area contributed by atoms with E-state index in [2.05, 4.69) is 41.3 Å². The van der Waals surface area contributed by atoms with Crippen molar-refractivity contribution in [1.82, 2.24) is 0 Å². The van der Waals surface area contributed by atoms with Crippen molar-refractivity contribution in [3.63, 3.8) is 0 Å². The van der Waals surface area contributed by atoms with Crippen molar-refractivity contribution >= 4 is 29.1 Å². The molecule has 0 amide bonds. The lowest BCUT2D eigenvalue weighted by molar-refractivity contribution is 0.0952. The third-order valence-corrected chi connectivity index (χ3v) is 8.13. The van der Waals surface area contributed by atoms with Gasteiger partial charge in [-0.25, -0.2) is 0 Å². The second kappa shape index (κ2) is 9.40. The Morgan fingerprint density at radius 1 is 0.892 bits per heavy atom. The van der Waals surface area contributed by atoms with Crippen molar-refractivity contribution in [2.24, 2.45) is 11.8 Å². The molecule has 1 saturated heterocycles. The van der Waals surface area contributed by atoms with E-state index in [0.717, 1.165) is 35.2 Å². The number of rotatable bonds is 5. The van der Waals surface area contributed by atoms with Crippen LogP contribution >= 0.6 is 11.6 Å². The summed E-state index contributed by atoms with van der Waals surface area (Å²) >= 11 is 6.27. The Kier molecular flexibility index (Phi) is 5.91. The van der Waals surface area contributed by atoms with Gasteiger partial charge in [-0.15, -0.1) is 0 Å². The van der Waals surface area contributed by atoms with Crippen LogP contribution in [0.3, 0.4) is 0 Å². The van der Waals surface area contributed by atoms with E-state index in [4.69, 9.17) is 11.6 Å². The largest absolute Gasteiger partial charge is 0.353 e. The van der Waals surface area contributed by atoms with Crippen LogP contribution in [0.15, 0.2) is 96.1 Å². The number of halogens is 1. The van der Waals surface area contributed by atoms with Crippen LogP contribution in [0.2, 0.25) is 5.02 Å². The van der Waals surface area contributed by atoms with Gasteiger partial charge in [-0.2, -0.15) is 10.5 Å². The molecule has 0 radical (unpaired) electrons. The fraction of sp³-hybridized carbons (Fsp3) is 0.219. The van der Waals surface area contributed by atoms with Crippen LogP contribution in [0, 0.1) is 34.5 Å². The Labute approximate surface area is 221 Å². The molecule has 0 aromatic heterocycles. The molecule has 4 atom stereocenters. The summed E-state index contributed by atoms with van der Waals surface area (Å²) in [6, 6.07) is 28.9. The van der Waals surface area contributed by atoms with Crippen molar-refractivity contribution in [3.8, 4) is 12.1 Å². The molecule has 3 aliphatic rings. The van der Waals surface area contributed by atoms with E-state index in [1.807, 2.05) is 66.7 Å². The molecule has 1 aliphatic carbocycles. The molecule has 3 aromatic carbocycles. The summed E-state index contributed by atoms with van der Waals surface area (Å²) in [6.07, 6.45) is 6.18. The first-order valence-electron chi connectivity index (χ1n) is 12.6. The number of anilines is 1. The van der Waals surface area contributed by atoms with Crippen molar-refractivity contribution in [2.75, 3.05) is 4.90 Å². The molecule has 4 unspecified atom stereocenters. The van der Waals surface area contributed by atoms with Crippen LogP contribution in [0.4, 0.5) is 5.69 Å². The summed E-state index contributed by atoms with van der Waals surface area (Å²) in [4.78, 5) is 16.6. The molecule has 5 heteroatoms. The van der Waals surface area contributed by atoms with E-state index in [1.165, 1.54) is 0 Å². The molecule has 2 aliphatic heterocycles. The van der Waals surface area contributed by atoms with Crippen molar-refractivity contribution in [3.05, 3.63) is 118 Å². The molecule has 2 heterocycles. The first-order valence-corrected chi connectivity index (χ1v) is 12.9. The number of ketones is 1. The van der Waals surface area contributed by atoms with Gasteiger partial charge in [0.2, 0.25) is 0 Å². The maximum absolute atomic E-state index is 14.4. The minimum absolute atomic E-state index is 0.0313. The van der Waals surface area contributed by atoms with Crippen LogP contribution in [0.25, 0.3) is 6.08 Å². The third-order valence-electron chi connectivity index (χ3n) is 7.87. The standard InChI is InChI=1S/C32H24ClN3O/c33-25-15-12-22(13-16-25)29-30(28(21-10-11-21)24(18-34)19-35)27-17-14-20-6-4-5-9-26(20)36(27)31(29)32(37)23-7-2-1-3-8-23/h1-9,12-17,21,27,29-31H,10-11H2. The van der Waals surface area contributed by atoms with E-state index in [9.17, 15) is 15.3 Å². The van der Waals surface area contributed by atoms with E-state index in [-0.39, 0.29) is 35.2 Å². The van der Waals surface area contributed by atoms with Crippen molar-refractivity contribution in [1.29, 1.82) is 10.5 Å². The number of carbonyl (C=O) groups excluding carboxylic acids is 1. The van der Waals surface area contributed by atoms with Gasteiger partial charge in [0.25, 0.3) is 0 Å². The fourth-order valence-corrected chi connectivity index (χ4v) is 6.36. The summed E-state index contributed by atoms with van der Waals surface area (Å²) in [5, 5.41) is 20.6. The Balaban J connectivity index is 1.63. The average molecular weight is 502 g/mol. The molecule has 180 valence electrons. The minimum atomic E-state index is -0.517. The fourth-order valence-electron chi connectivity index (χ4n) is 6.24. The van der Waals surface area contributed by atoms with E-state index < -0.39 is 6.04 Å². The first kappa shape index (κ1) is 23.3. The molecule has 1 saturated carbocycles. The topological polar surface area (TPSA) is 67.9 Å². The van der Waals surface area contributed by atoms with Gasteiger partial charge in [0.1, 0.15) is 23.8 Å². The molecular weight excluding hydrogens is 478 g/mol. The van der Waals surface area contributed by atoms with E-state index >= 15 is 0 Å². The van der Waals surface area contributed by atoms with Gasteiger partial charge in [-0.05, 0) is 53.7 Å². The Morgan fingerprint density at radius 2 is 1.57 bits per heavy atom. The number of nitriles is 2. The van der Waals surface area contributed by atoms with Crippen LogP contribution in [-0.4, -0.2) is 17.9 Å². The van der Waals surface area contributed by atoms with Gasteiger partial charge in [0.05, 0.1) is 6.04 Å². The van der Waals surface area contributed by atoms with Crippen molar-refractivity contribution < 1.29 is 4.79 Å². The van der Waals surface area contributed by atoms with Crippen molar-refractivity contribution in [2.45, 2.75) is 30.8 Å². The summed E-state index contributed by atoms with van der Waals surface area (Å²) in [5.74, 6) is -0.251. The molecule has 0 spiro atoms. The van der Waals surface area contributed by atoms with Gasteiger partial charge in [-0.1, -0.05) is 84.4 Å².